The number of urea groups is 1. The Kier molecular flexibility index (Phi) is 4.57. The maximum atomic E-state index is 12.6. The van der Waals surface area contributed by atoms with Gasteiger partial charge in [-0.1, -0.05) is 46.3 Å². The third kappa shape index (κ3) is 3.01. The van der Waals surface area contributed by atoms with E-state index in [1.807, 2.05) is 54.6 Å². The molecule has 1 aliphatic rings. The van der Waals surface area contributed by atoms with Crippen molar-refractivity contribution in [2.75, 3.05) is 11.4 Å². The smallest absolute Gasteiger partial charge is 0.322 e. The van der Waals surface area contributed by atoms with Crippen molar-refractivity contribution in [1.82, 2.24) is 5.32 Å². The van der Waals surface area contributed by atoms with Crippen LogP contribution in [0.2, 0.25) is 0 Å². The summed E-state index contributed by atoms with van der Waals surface area (Å²) < 4.78 is 0.938. The number of carbonyl (C=O) groups excluding carboxylic acids is 2. The van der Waals surface area contributed by atoms with E-state index in [2.05, 4.69) is 21.2 Å². The lowest BCUT2D eigenvalue weighted by molar-refractivity contribution is -0.118. The Balaban J connectivity index is 2.09. The first kappa shape index (κ1) is 16.5. The van der Waals surface area contributed by atoms with Gasteiger partial charge in [-0.25, -0.2) is 4.79 Å². The van der Waals surface area contributed by atoms with Gasteiger partial charge in [0, 0.05) is 23.1 Å². The molecule has 1 saturated heterocycles. The minimum absolute atomic E-state index is 0.175. The highest BCUT2D eigenvalue weighted by Gasteiger charge is 2.47. The number of benzene rings is 2. The normalized spacial score (nSPS) is 20.0. The maximum Gasteiger partial charge on any atom is 0.322 e. The summed E-state index contributed by atoms with van der Waals surface area (Å²) in [5.74, 6) is -0.375. The summed E-state index contributed by atoms with van der Waals surface area (Å²) >= 11 is 3.41. The molecule has 3 amide bonds. The molecule has 1 unspecified atom stereocenters. The van der Waals surface area contributed by atoms with E-state index in [0.717, 1.165) is 15.7 Å². The molecule has 5 nitrogen and oxygen atoms in total. The summed E-state index contributed by atoms with van der Waals surface area (Å²) in [6.07, 6.45) is 0.665. The standard InChI is InChI=1S/C18H18BrN3O2/c19-14-6-8-15(9-7-14)22-17(24)21-12-18(22,11-10-16(20)23)13-4-2-1-3-5-13/h1-9H,10-12H2,(H2,20,23)(H,21,24). The van der Waals surface area contributed by atoms with Gasteiger partial charge in [0.05, 0.1) is 5.54 Å². The number of nitrogens with two attached hydrogens (primary N) is 1. The number of hydrogen-bond donors (Lipinski definition) is 2. The molecule has 1 heterocycles. The zero-order chi connectivity index (χ0) is 17.2. The van der Waals surface area contributed by atoms with Gasteiger partial charge >= 0.3 is 6.03 Å². The van der Waals surface area contributed by atoms with Crippen LogP contribution in [0.5, 0.6) is 0 Å². The van der Waals surface area contributed by atoms with Crippen LogP contribution in [0.1, 0.15) is 18.4 Å². The van der Waals surface area contributed by atoms with E-state index in [4.69, 9.17) is 5.73 Å². The number of primary amides is 1. The van der Waals surface area contributed by atoms with Gasteiger partial charge in [-0.15, -0.1) is 0 Å². The fourth-order valence-corrected chi connectivity index (χ4v) is 3.45. The molecule has 1 atom stereocenters. The Labute approximate surface area is 149 Å². The second-order valence-electron chi connectivity index (χ2n) is 5.83. The number of hydrogen-bond acceptors (Lipinski definition) is 2. The van der Waals surface area contributed by atoms with Crippen LogP contribution in [-0.4, -0.2) is 18.5 Å². The molecule has 2 aromatic carbocycles. The topological polar surface area (TPSA) is 75.4 Å². The Bertz CT molecular complexity index is 749. The molecule has 6 heteroatoms. The Morgan fingerprint density at radius 2 is 1.83 bits per heavy atom. The van der Waals surface area contributed by atoms with Gasteiger partial charge in [-0.05, 0) is 36.2 Å². The first-order valence-electron chi connectivity index (χ1n) is 7.70. The molecular formula is C18H18BrN3O2. The number of halogens is 1. The molecule has 0 saturated carbocycles. The first-order chi connectivity index (χ1) is 11.5. The second-order valence-corrected chi connectivity index (χ2v) is 6.75. The van der Waals surface area contributed by atoms with Crippen LogP contribution >= 0.6 is 15.9 Å². The molecule has 3 rings (SSSR count). The quantitative estimate of drug-likeness (QED) is 0.826. The Morgan fingerprint density at radius 3 is 2.46 bits per heavy atom. The van der Waals surface area contributed by atoms with Crippen LogP contribution in [0, 0.1) is 0 Å². The Morgan fingerprint density at radius 1 is 1.17 bits per heavy atom. The number of amides is 3. The summed E-state index contributed by atoms with van der Waals surface area (Å²) in [5, 5.41) is 2.92. The molecule has 124 valence electrons. The number of rotatable bonds is 5. The van der Waals surface area contributed by atoms with Gasteiger partial charge in [0.25, 0.3) is 0 Å². The van der Waals surface area contributed by atoms with Crippen molar-refractivity contribution in [3.8, 4) is 0 Å². The van der Waals surface area contributed by atoms with E-state index in [1.54, 1.807) is 4.90 Å². The molecule has 24 heavy (non-hydrogen) atoms. The van der Waals surface area contributed by atoms with Crippen molar-refractivity contribution in [1.29, 1.82) is 0 Å². The van der Waals surface area contributed by atoms with Crippen LogP contribution in [-0.2, 0) is 10.3 Å². The van der Waals surface area contributed by atoms with E-state index in [1.165, 1.54) is 0 Å². The van der Waals surface area contributed by atoms with Gasteiger partial charge in [0.1, 0.15) is 0 Å². The molecule has 1 aliphatic heterocycles. The number of anilines is 1. The molecule has 0 radical (unpaired) electrons. The van der Waals surface area contributed by atoms with Crippen molar-refractivity contribution in [2.45, 2.75) is 18.4 Å². The van der Waals surface area contributed by atoms with E-state index >= 15 is 0 Å². The molecule has 0 bridgehead atoms. The van der Waals surface area contributed by atoms with Crippen molar-refractivity contribution in [3.05, 3.63) is 64.6 Å². The minimum atomic E-state index is -0.638. The minimum Gasteiger partial charge on any atom is -0.370 e. The van der Waals surface area contributed by atoms with Crippen LogP contribution in [0.25, 0.3) is 0 Å². The molecule has 3 N–H and O–H groups in total. The van der Waals surface area contributed by atoms with Crippen LogP contribution in [0.3, 0.4) is 0 Å². The molecule has 0 aromatic heterocycles. The third-order valence-electron chi connectivity index (χ3n) is 4.34. The number of carbonyl (C=O) groups is 2. The average molecular weight is 388 g/mol. The average Bonchev–Trinajstić information content (AvgIpc) is 2.92. The second kappa shape index (κ2) is 6.65. The zero-order valence-corrected chi connectivity index (χ0v) is 14.6. The highest BCUT2D eigenvalue weighted by molar-refractivity contribution is 9.10. The van der Waals surface area contributed by atoms with Crippen LogP contribution in [0.4, 0.5) is 10.5 Å². The Hall–Kier alpha value is -2.34. The monoisotopic (exact) mass is 387 g/mol. The number of nitrogens with one attached hydrogen (secondary N) is 1. The first-order valence-corrected chi connectivity index (χ1v) is 8.50. The van der Waals surface area contributed by atoms with Gasteiger partial charge in [0.2, 0.25) is 5.91 Å². The largest absolute Gasteiger partial charge is 0.370 e. The summed E-state index contributed by atoms with van der Waals surface area (Å²) in [4.78, 5) is 25.7. The SMILES string of the molecule is NC(=O)CCC1(c2ccccc2)CNC(=O)N1c1ccc(Br)cc1. The van der Waals surface area contributed by atoms with Crippen LogP contribution in [0.15, 0.2) is 59.1 Å². The summed E-state index contributed by atoms with van der Waals surface area (Å²) in [5.41, 5.74) is 6.50. The van der Waals surface area contributed by atoms with E-state index in [9.17, 15) is 9.59 Å². The lowest BCUT2D eigenvalue weighted by Gasteiger charge is -2.37. The highest BCUT2D eigenvalue weighted by atomic mass is 79.9. The molecule has 0 aliphatic carbocycles. The van der Waals surface area contributed by atoms with Crippen molar-refractivity contribution in [2.24, 2.45) is 5.73 Å². The number of nitrogens with zero attached hydrogens (tertiary/aromatic N) is 1. The molecule has 0 spiro atoms. The predicted molar refractivity (Wildman–Crippen MR) is 96.6 cm³/mol. The van der Waals surface area contributed by atoms with E-state index in [0.29, 0.717) is 13.0 Å². The summed E-state index contributed by atoms with van der Waals surface area (Å²) in [6.45, 7) is 0.430. The van der Waals surface area contributed by atoms with E-state index < -0.39 is 5.54 Å². The lowest BCUT2D eigenvalue weighted by atomic mass is 9.84. The maximum absolute atomic E-state index is 12.6. The van der Waals surface area contributed by atoms with Crippen LogP contribution < -0.4 is 16.0 Å². The third-order valence-corrected chi connectivity index (χ3v) is 4.87. The predicted octanol–water partition coefficient (Wildman–Crippen LogP) is 3.14. The van der Waals surface area contributed by atoms with Gasteiger partial charge in [0.15, 0.2) is 0 Å². The highest BCUT2D eigenvalue weighted by Crippen LogP contribution is 2.40. The molecule has 1 fully saturated rings. The van der Waals surface area contributed by atoms with Gasteiger partial charge in [-0.3, -0.25) is 9.69 Å². The van der Waals surface area contributed by atoms with Gasteiger partial charge in [-0.2, -0.15) is 0 Å². The molecular weight excluding hydrogens is 370 g/mol. The van der Waals surface area contributed by atoms with Gasteiger partial charge < -0.3 is 11.1 Å². The van der Waals surface area contributed by atoms with Crippen molar-refractivity contribution in [3.63, 3.8) is 0 Å². The summed E-state index contributed by atoms with van der Waals surface area (Å²) in [7, 11) is 0. The molecule has 2 aromatic rings. The summed E-state index contributed by atoms with van der Waals surface area (Å²) in [6, 6.07) is 17.1. The lowest BCUT2D eigenvalue weighted by Crippen LogP contribution is -2.45. The van der Waals surface area contributed by atoms with Crippen molar-refractivity contribution >= 4 is 33.6 Å². The van der Waals surface area contributed by atoms with Crippen molar-refractivity contribution < 1.29 is 9.59 Å². The fraction of sp³-hybridized carbons (Fsp3) is 0.222. The van der Waals surface area contributed by atoms with E-state index in [-0.39, 0.29) is 18.4 Å². The zero-order valence-electron chi connectivity index (χ0n) is 13.0. The fourth-order valence-electron chi connectivity index (χ4n) is 3.18.